The number of H-pyrrole nitrogens is 1. The summed E-state index contributed by atoms with van der Waals surface area (Å²) in [5.41, 5.74) is 1.99. The molecule has 0 bridgehead atoms. The van der Waals surface area contributed by atoms with Crippen LogP contribution in [0, 0.1) is 6.92 Å². The third kappa shape index (κ3) is 3.31. The molecule has 23 heavy (non-hydrogen) atoms. The molecule has 2 heterocycles. The minimum Gasteiger partial charge on any atom is -0.438 e. The van der Waals surface area contributed by atoms with Crippen molar-refractivity contribution < 1.29 is 9.57 Å². The fraction of sp³-hybridized carbons (Fsp3) is 0.133. The fourth-order valence-corrected chi connectivity index (χ4v) is 1.98. The molecule has 3 rings (SSSR count). The first-order valence-electron chi connectivity index (χ1n) is 6.80. The zero-order valence-electron chi connectivity index (χ0n) is 12.6. The molecule has 0 fully saturated rings. The lowest BCUT2D eigenvalue weighted by Crippen LogP contribution is -2.08. The zero-order valence-corrected chi connectivity index (χ0v) is 12.6. The molecular weight excluding hydrogens is 296 g/mol. The van der Waals surface area contributed by atoms with E-state index in [9.17, 15) is 0 Å². The SMILES string of the molecule is CON=C(c1ncn[nH]1)c1ccccc1Oc1cc(C)ncn1. The Balaban J connectivity index is 2.01. The number of aromatic amines is 1. The van der Waals surface area contributed by atoms with E-state index in [0.717, 1.165) is 5.69 Å². The van der Waals surface area contributed by atoms with Crippen molar-refractivity contribution >= 4 is 5.71 Å². The molecule has 0 aliphatic carbocycles. The van der Waals surface area contributed by atoms with E-state index < -0.39 is 0 Å². The third-order valence-corrected chi connectivity index (χ3v) is 2.96. The largest absolute Gasteiger partial charge is 0.438 e. The van der Waals surface area contributed by atoms with Gasteiger partial charge in [-0.05, 0) is 19.1 Å². The number of aromatic nitrogens is 5. The lowest BCUT2D eigenvalue weighted by Gasteiger charge is -2.10. The van der Waals surface area contributed by atoms with Gasteiger partial charge in [0.1, 0.15) is 25.5 Å². The van der Waals surface area contributed by atoms with Crippen molar-refractivity contribution in [1.29, 1.82) is 0 Å². The smallest absolute Gasteiger partial charge is 0.222 e. The summed E-state index contributed by atoms with van der Waals surface area (Å²) in [6.45, 7) is 1.87. The van der Waals surface area contributed by atoms with E-state index in [1.54, 1.807) is 6.07 Å². The van der Waals surface area contributed by atoms with Gasteiger partial charge in [-0.25, -0.2) is 15.0 Å². The molecule has 0 unspecified atom stereocenters. The molecule has 0 aliphatic heterocycles. The number of benzene rings is 1. The summed E-state index contributed by atoms with van der Waals surface area (Å²) in [4.78, 5) is 17.2. The molecule has 0 atom stereocenters. The van der Waals surface area contributed by atoms with Gasteiger partial charge in [-0.3, -0.25) is 5.10 Å². The lowest BCUT2D eigenvalue weighted by atomic mass is 10.1. The highest BCUT2D eigenvalue weighted by Gasteiger charge is 2.17. The molecular formula is C15H14N6O2. The number of hydrogen-bond acceptors (Lipinski definition) is 7. The van der Waals surface area contributed by atoms with Gasteiger partial charge < -0.3 is 9.57 Å². The maximum atomic E-state index is 5.87. The summed E-state index contributed by atoms with van der Waals surface area (Å²) in [5, 5.41) is 10.6. The summed E-state index contributed by atoms with van der Waals surface area (Å²) < 4.78 is 5.87. The molecule has 1 aromatic carbocycles. The van der Waals surface area contributed by atoms with Crippen molar-refractivity contribution in [2.24, 2.45) is 5.16 Å². The van der Waals surface area contributed by atoms with Crippen molar-refractivity contribution in [2.75, 3.05) is 7.11 Å². The van der Waals surface area contributed by atoms with Crippen LogP contribution in [-0.4, -0.2) is 38.0 Å². The number of hydrogen-bond donors (Lipinski definition) is 1. The van der Waals surface area contributed by atoms with Gasteiger partial charge in [0.15, 0.2) is 11.5 Å². The Morgan fingerprint density at radius 1 is 1.13 bits per heavy atom. The van der Waals surface area contributed by atoms with Crippen LogP contribution in [0.25, 0.3) is 0 Å². The molecule has 0 spiro atoms. The van der Waals surface area contributed by atoms with Crippen LogP contribution in [0.3, 0.4) is 0 Å². The standard InChI is InChI=1S/C15H14N6O2/c1-10-7-13(17-8-16-10)23-12-6-4-3-5-11(12)14(21-22-2)15-18-9-19-20-15/h3-9H,1-2H3,(H,18,19,20). The van der Waals surface area contributed by atoms with Crippen molar-refractivity contribution in [3.05, 3.63) is 60.1 Å². The molecule has 116 valence electrons. The van der Waals surface area contributed by atoms with Gasteiger partial charge in [0.2, 0.25) is 5.88 Å². The highest BCUT2D eigenvalue weighted by Crippen LogP contribution is 2.26. The predicted octanol–water partition coefficient (Wildman–Crippen LogP) is 2.09. The second-order valence-electron chi connectivity index (χ2n) is 4.55. The van der Waals surface area contributed by atoms with E-state index in [1.807, 2.05) is 31.2 Å². The van der Waals surface area contributed by atoms with Crippen LogP contribution < -0.4 is 4.74 Å². The molecule has 3 aromatic rings. The Morgan fingerprint density at radius 2 is 2.00 bits per heavy atom. The first-order chi connectivity index (χ1) is 11.3. The van der Waals surface area contributed by atoms with Crippen molar-refractivity contribution in [3.8, 4) is 11.6 Å². The first kappa shape index (κ1) is 14.6. The average molecular weight is 310 g/mol. The molecule has 1 N–H and O–H groups in total. The molecule has 8 heteroatoms. The van der Waals surface area contributed by atoms with E-state index in [-0.39, 0.29) is 0 Å². The fourth-order valence-electron chi connectivity index (χ4n) is 1.98. The summed E-state index contributed by atoms with van der Waals surface area (Å²) in [6.07, 6.45) is 2.85. The second kappa shape index (κ2) is 6.65. The lowest BCUT2D eigenvalue weighted by molar-refractivity contribution is 0.213. The third-order valence-electron chi connectivity index (χ3n) is 2.96. The van der Waals surface area contributed by atoms with E-state index in [1.165, 1.54) is 19.8 Å². The van der Waals surface area contributed by atoms with Crippen molar-refractivity contribution in [1.82, 2.24) is 25.1 Å². The maximum absolute atomic E-state index is 5.87. The van der Waals surface area contributed by atoms with E-state index >= 15 is 0 Å². The van der Waals surface area contributed by atoms with Gasteiger partial charge in [0, 0.05) is 11.8 Å². The number of nitrogens with one attached hydrogen (secondary N) is 1. The summed E-state index contributed by atoms with van der Waals surface area (Å²) >= 11 is 0. The van der Waals surface area contributed by atoms with Gasteiger partial charge in [0.05, 0.1) is 5.56 Å². The van der Waals surface area contributed by atoms with Gasteiger partial charge in [-0.15, -0.1) is 0 Å². The van der Waals surface area contributed by atoms with Crippen LogP contribution in [-0.2, 0) is 4.84 Å². The Hall–Kier alpha value is -3.29. The Bertz CT molecular complexity index is 816. The van der Waals surface area contributed by atoms with Crippen molar-refractivity contribution in [3.63, 3.8) is 0 Å². The highest BCUT2D eigenvalue weighted by molar-refractivity contribution is 6.11. The minimum absolute atomic E-state index is 0.444. The van der Waals surface area contributed by atoms with Crippen LogP contribution in [0.1, 0.15) is 17.1 Å². The van der Waals surface area contributed by atoms with Crippen LogP contribution in [0.5, 0.6) is 11.6 Å². The van der Waals surface area contributed by atoms with E-state index in [4.69, 9.17) is 9.57 Å². The highest BCUT2D eigenvalue weighted by atomic mass is 16.6. The number of para-hydroxylation sites is 1. The first-order valence-corrected chi connectivity index (χ1v) is 6.80. The van der Waals surface area contributed by atoms with Gasteiger partial charge >= 0.3 is 0 Å². The maximum Gasteiger partial charge on any atom is 0.222 e. The second-order valence-corrected chi connectivity index (χ2v) is 4.55. The van der Waals surface area contributed by atoms with Crippen LogP contribution in [0.4, 0.5) is 0 Å². The normalized spacial score (nSPS) is 11.3. The number of ether oxygens (including phenoxy) is 1. The number of nitrogens with zero attached hydrogens (tertiary/aromatic N) is 5. The molecule has 2 aromatic heterocycles. The van der Waals surface area contributed by atoms with E-state index in [2.05, 4.69) is 30.3 Å². The van der Waals surface area contributed by atoms with Gasteiger partial charge in [0.25, 0.3) is 0 Å². The van der Waals surface area contributed by atoms with E-state index in [0.29, 0.717) is 28.7 Å². The Labute approximate surface area is 132 Å². The van der Waals surface area contributed by atoms with Crippen molar-refractivity contribution in [2.45, 2.75) is 6.92 Å². The Morgan fingerprint density at radius 3 is 2.74 bits per heavy atom. The summed E-state index contributed by atoms with van der Waals surface area (Å²) in [6, 6.07) is 9.14. The molecule has 0 radical (unpaired) electrons. The Kier molecular flexibility index (Phi) is 4.23. The molecule has 0 amide bonds. The summed E-state index contributed by atoms with van der Waals surface area (Å²) in [7, 11) is 1.47. The monoisotopic (exact) mass is 310 g/mol. The zero-order chi connectivity index (χ0) is 16.1. The van der Waals surface area contributed by atoms with Crippen LogP contribution >= 0.6 is 0 Å². The van der Waals surface area contributed by atoms with Gasteiger partial charge in [-0.1, -0.05) is 17.3 Å². The minimum atomic E-state index is 0.444. The average Bonchev–Trinajstić information content (AvgIpc) is 3.08. The number of oxime groups is 1. The number of aryl methyl sites for hydroxylation is 1. The van der Waals surface area contributed by atoms with Crippen LogP contribution in [0.15, 0.2) is 48.1 Å². The molecule has 0 aliphatic rings. The topological polar surface area (TPSA) is 98.2 Å². The van der Waals surface area contributed by atoms with Gasteiger partial charge in [-0.2, -0.15) is 5.10 Å². The number of rotatable bonds is 5. The molecule has 0 saturated heterocycles. The molecule has 8 nitrogen and oxygen atoms in total. The van der Waals surface area contributed by atoms with Crippen LogP contribution in [0.2, 0.25) is 0 Å². The molecule has 0 saturated carbocycles. The summed E-state index contributed by atoms with van der Waals surface area (Å²) in [5.74, 6) is 1.49. The quantitative estimate of drug-likeness (QED) is 0.572. The predicted molar refractivity (Wildman–Crippen MR) is 82.3 cm³/mol.